The lowest BCUT2D eigenvalue weighted by Gasteiger charge is -2.15. The third kappa shape index (κ3) is 3.62. The predicted molar refractivity (Wildman–Crippen MR) is 112 cm³/mol. The summed E-state index contributed by atoms with van der Waals surface area (Å²) in [5.41, 5.74) is 9.91. The SMILES string of the molecule is Cc1cccc(C)c1Nc1c(-c2ccccc2OCC(N)=O)nc2ncccn12. The molecule has 146 valence electrons. The monoisotopic (exact) mass is 387 g/mol. The Morgan fingerprint density at radius 1 is 1.10 bits per heavy atom. The highest BCUT2D eigenvalue weighted by Crippen LogP contribution is 2.37. The van der Waals surface area contributed by atoms with E-state index >= 15 is 0 Å². The molecule has 29 heavy (non-hydrogen) atoms. The highest BCUT2D eigenvalue weighted by atomic mass is 16.5. The van der Waals surface area contributed by atoms with Crippen molar-refractivity contribution < 1.29 is 9.53 Å². The van der Waals surface area contributed by atoms with Gasteiger partial charge in [-0.2, -0.15) is 0 Å². The molecular weight excluding hydrogens is 366 g/mol. The van der Waals surface area contributed by atoms with Gasteiger partial charge >= 0.3 is 0 Å². The third-order valence-corrected chi connectivity index (χ3v) is 4.64. The lowest BCUT2D eigenvalue weighted by Crippen LogP contribution is -2.20. The topological polar surface area (TPSA) is 94.5 Å². The fraction of sp³-hybridized carbons (Fsp3) is 0.136. The van der Waals surface area contributed by atoms with Crippen LogP contribution in [0.15, 0.2) is 60.9 Å². The minimum absolute atomic E-state index is 0.206. The van der Waals surface area contributed by atoms with Crippen LogP contribution in [-0.4, -0.2) is 26.9 Å². The number of para-hydroxylation sites is 2. The molecule has 7 nitrogen and oxygen atoms in total. The van der Waals surface area contributed by atoms with Gasteiger partial charge in [0.1, 0.15) is 17.3 Å². The number of aryl methyl sites for hydroxylation is 2. The molecule has 0 atom stereocenters. The first-order valence-electron chi connectivity index (χ1n) is 9.21. The zero-order valence-electron chi connectivity index (χ0n) is 16.2. The Bertz CT molecular complexity index is 1180. The standard InChI is InChI=1S/C22H21N5O2/c1-14-7-5-8-15(2)19(14)25-21-20(26-22-24-11-6-12-27(21)22)16-9-3-4-10-17(16)29-13-18(23)28/h3-12,25H,13H2,1-2H3,(H2,23,28). The van der Waals surface area contributed by atoms with E-state index in [1.807, 2.05) is 40.9 Å². The van der Waals surface area contributed by atoms with Crippen LogP contribution in [0.1, 0.15) is 11.1 Å². The second-order valence-corrected chi connectivity index (χ2v) is 6.74. The van der Waals surface area contributed by atoms with E-state index in [4.69, 9.17) is 15.5 Å². The van der Waals surface area contributed by atoms with Crippen LogP contribution in [0, 0.1) is 13.8 Å². The summed E-state index contributed by atoms with van der Waals surface area (Å²) in [5, 5.41) is 3.54. The van der Waals surface area contributed by atoms with Crippen molar-refractivity contribution in [3.8, 4) is 17.0 Å². The number of fused-ring (bicyclic) bond motifs is 1. The number of rotatable bonds is 6. The highest BCUT2D eigenvalue weighted by molar-refractivity contribution is 5.83. The van der Waals surface area contributed by atoms with Crippen molar-refractivity contribution in [3.63, 3.8) is 0 Å². The normalized spacial score (nSPS) is 10.8. The van der Waals surface area contributed by atoms with E-state index < -0.39 is 5.91 Å². The average molecular weight is 387 g/mol. The van der Waals surface area contributed by atoms with Crippen molar-refractivity contribution in [2.75, 3.05) is 11.9 Å². The molecule has 0 saturated carbocycles. The molecule has 7 heteroatoms. The van der Waals surface area contributed by atoms with Gasteiger partial charge < -0.3 is 15.8 Å². The fourth-order valence-electron chi connectivity index (χ4n) is 3.26. The molecule has 0 aliphatic carbocycles. The Kier molecular flexibility index (Phi) is 4.87. The maximum atomic E-state index is 11.2. The summed E-state index contributed by atoms with van der Waals surface area (Å²) < 4.78 is 7.52. The largest absolute Gasteiger partial charge is 0.483 e. The maximum Gasteiger partial charge on any atom is 0.255 e. The van der Waals surface area contributed by atoms with Gasteiger partial charge in [0.25, 0.3) is 5.91 Å². The van der Waals surface area contributed by atoms with Gasteiger partial charge in [-0.3, -0.25) is 9.20 Å². The molecule has 1 amide bonds. The molecule has 4 aromatic rings. The predicted octanol–water partition coefficient (Wildman–Crippen LogP) is 3.62. The number of nitrogens with one attached hydrogen (secondary N) is 1. The van der Waals surface area contributed by atoms with Crippen LogP contribution < -0.4 is 15.8 Å². The molecule has 0 bridgehead atoms. The second-order valence-electron chi connectivity index (χ2n) is 6.74. The molecule has 0 spiro atoms. The Morgan fingerprint density at radius 3 is 2.62 bits per heavy atom. The van der Waals surface area contributed by atoms with Crippen molar-refractivity contribution in [3.05, 3.63) is 72.1 Å². The Morgan fingerprint density at radius 2 is 1.86 bits per heavy atom. The number of hydrogen-bond acceptors (Lipinski definition) is 5. The molecule has 3 N–H and O–H groups in total. The van der Waals surface area contributed by atoms with E-state index in [1.165, 1.54) is 0 Å². The molecule has 2 aromatic carbocycles. The number of carbonyl (C=O) groups is 1. The molecule has 0 aliphatic heterocycles. The van der Waals surface area contributed by atoms with Crippen LogP contribution in [0.2, 0.25) is 0 Å². The van der Waals surface area contributed by atoms with Crippen LogP contribution in [0.25, 0.3) is 17.0 Å². The summed E-state index contributed by atoms with van der Waals surface area (Å²) in [6.45, 7) is 3.91. The number of nitrogens with two attached hydrogens (primary N) is 1. The number of benzene rings is 2. The van der Waals surface area contributed by atoms with Gasteiger partial charge in [0.05, 0.1) is 0 Å². The van der Waals surface area contributed by atoms with E-state index in [-0.39, 0.29) is 6.61 Å². The average Bonchev–Trinajstić information content (AvgIpc) is 3.08. The molecule has 4 rings (SSSR count). The summed E-state index contributed by atoms with van der Waals surface area (Å²) in [7, 11) is 0. The van der Waals surface area contributed by atoms with E-state index in [2.05, 4.69) is 36.3 Å². The van der Waals surface area contributed by atoms with E-state index in [1.54, 1.807) is 12.3 Å². The quantitative estimate of drug-likeness (QED) is 0.527. The summed E-state index contributed by atoms with van der Waals surface area (Å²) in [4.78, 5) is 20.3. The lowest BCUT2D eigenvalue weighted by molar-refractivity contribution is -0.119. The summed E-state index contributed by atoms with van der Waals surface area (Å²) in [6, 6.07) is 15.4. The Hall–Kier alpha value is -3.87. The first-order chi connectivity index (χ1) is 14.0. The van der Waals surface area contributed by atoms with E-state index in [9.17, 15) is 4.79 Å². The number of primary amides is 1. The second kappa shape index (κ2) is 7.63. The molecule has 0 aliphatic rings. The van der Waals surface area contributed by atoms with Gasteiger partial charge in [-0.15, -0.1) is 0 Å². The Labute approximate surface area is 168 Å². The highest BCUT2D eigenvalue weighted by Gasteiger charge is 2.19. The van der Waals surface area contributed by atoms with Gasteiger partial charge in [0.15, 0.2) is 6.61 Å². The van der Waals surface area contributed by atoms with Gasteiger partial charge in [-0.05, 0) is 43.2 Å². The van der Waals surface area contributed by atoms with Crippen LogP contribution >= 0.6 is 0 Å². The number of imidazole rings is 1. The fourth-order valence-corrected chi connectivity index (χ4v) is 3.26. The van der Waals surface area contributed by atoms with Crippen molar-refractivity contribution in [2.45, 2.75) is 13.8 Å². The molecule has 0 fully saturated rings. The van der Waals surface area contributed by atoms with Gasteiger partial charge in [0, 0.05) is 23.6 Å². The molecule has 2 heterocycles. The number of carbonyl (C=O) groups excluding carboxylic acids is 1. The first kappa shape index (κ1) is 18.5. The molecule has 0 radical (unpaired) electrons. The van der Waals surface area contributed by atoms with Crippen LogP contribution in [0.4, 0.5) is 11.5 Å². The van der Waals surface area contributed by atoms with Crippen LogP contribution in [-0.2, 0) is 4.79 Å². The molecular formula is C22H21N5O2. The smallest absolute Gasteiger partial charge is 0.255 e. The van der Waals surface area contributed by atoms with Gasteiger partial charge in [-0.25, -0.2) is 9.97 Å². The molecule has 2 aromatic heterocycles. The van der Waals surface area contributed by atoms with Gasteiger partial charge in [0.2, 0.25) is 5.78 Å². The van der Waals surface area contributed by atoms with Crippen LogP contribution in [0.3, 0.4) is 0 Å². The van der Waals surface area contributed by atoms with E-state index in [0.29, 0.717) is 17.2 Å². The lowest BCUT2D eigenvalue weighted by atomic mass is 10.1. The van der Waals surface area contributed by atoms with E-state index in [0.717, 1.165) is 28.2 Å². The number of amides is 1. The number of hydrogen-bond donors (Lipinski definition) is 2. The van der Waals surface area contributed by atoms with Crippen molar-refractivity contribution in [1.29, 1.82) is 0 Å². The number of nitrogens with zero attached hydrogens (tertiary/aromatic N) is 3. The van der Waals surface area contributed by atoms with Crippen molar-refractivity contribution in [1.82, 2.24) is 14.4 Å². The van der Waals surface area contributed by atoms with Crippen molar-refractivity contribution >= 4 is 23.2 Å². The van der Waals surface area contributed by atoms with Crippen LogP contribution in [0.5, 0.6) is 5.75 Å². The number of aromatic nitrogens is 3. The summed E-state index contributed by atoms with van der Waals surface area (Å²) >= 11 is 0. The minimum atomic E-state index is -0.537. The zero-order valence-corrected chi connectivity index (χ0v) is 16.2. The summed E-state index contributed by atoms with van der Waals surface area (Å²) in [5.74, 6) is 1.31. The third-order valence-electron chi connectivity index (χ3n) is 4.64. The first-order valence-corrected chi connectivity index (χ1v) is 9.21. The number of ether oxygens (including phenoxy) is 1. The minimum Gasteiger partial charge on any atom is -0.483 e. The molecule has 0 saturated heterocycles. The van der Waals surface area contributed by atoms with Crippen molar-refractivity contribution in [2.24, 2.45) is 5.73 Å². The van der Waals surface area contributed by atoms with Gasteiger partial charge in [-0.1, -0.05) is 30.3 Å². The molecule has 0 unspecified atom stereocenters. The Balaban J connectivity index is 1.88. The zero-order chi connectivity index (χ0) is 20.4. The maximum absolute atomic E-state index is 11.2. The summed E-state index contributed by atoms with van der Waals surface area (Å²) in [6.07, 6.45) is 3.60. The number of anilines is 2.